The molecule has 0 heterocycles. The zero-order chi connectivity index (χ0) is 15.2. The van der Waals surface area contributed by atoms with Crippen LogP contribution in [-0.2, 0) is 6.54 Å². The average Bonchev–Trinajstić information content (AvgIpc) is 2.50. The smallest absolute Gasteiger partial charge is 0.173 e. The maximum absolute atomic E-state index is 13.6. The van der Waals surface area contributed by atoms with Gasteiger partial charge in [0.15, 0.2) is 5.11 Å². The van der Waals surface area contributed by atoms with Crippen molar-refractivity contribution in [3.63, 3.8) is 0 Å². The number of anilines is 1. The summed E-state index contributed by atoms with van der Waals surface area (Å²) in [6.45, 7) is 0.411. The highest BCUT2D eigenvalue weighted by Gasteiger charge is 2.08. The third kappa shape index (κ3) is 4.16. The molecule has 0 unspecified atom stereocenters. The number of hydrogen-bond donors (Lipinski definition) is 1. The molecule has 2 aromatic carbocycles. The van der Waals surface area contributed by atoms with Gasteiger partial charge in [-0.3, -0.25) is 0 Å². The van der Waals surface area contributed by atoms with Gasteiger partial charge in [0, 0.05) is 24.8 Å². The Morgan fingerprint density at radius 3 is 2.48 bits per heavy atom. The van der Waals surface area contributed by atoms with Crippen molar-refractivity contribution in [2.75, 3.05) is 19.5 Å². The van der Waals surface area contributed by atoms with Crippen molar-refractivity contribution >= 4 is 23.0 Å². The second kappa shape index (κ2) is 7.04. The molecule has 0 saturated heterocycles. The molecule has 0 atom stereocenters. The molecule has 21 heavy (non-hydrogen) atoms. The van der Waals surface area contributed by atoms with Crippen LogP contribution in [0.15, 0.2) is 48.5 Å². The summed E-state index contributed by atoms with van der Waals surface area (Å²) in [6, 6.07) is 14.1. The molecule has 0 aliphatic heterocycles. The molecule has 0 aliphatic rings. The molecule has 2 rings (SSSR count). The molecule has 1 N–H and O–H groups in total. The molecule has 0 amide bonds. The number of benzene rings is 2. The van der Waals surface area contributed by atoms with Gasteiger partial charge in [0.25, 0.3) is 0 Å². The first kappa shape index (κ1) is 15.3. The molecule has 110 valence electrons. The first-order valence-corrected chi connectivity index (χ1v) is 6.90. The van der Waals surface area contributed by atoms with Crippen molar-refractivity contribution < 1.29 is 9.13 Å². The van der Waals surface area contributed by atoms with Crippen molar-refractivity contribution in [1.29, 1.82) is 0 Å². The topological polar surface area (TPSA) is 24.5 Å². The summed E-state index contributed by atoms with van der Waals surface area (Å²) >= 11 is 5.32. The van der Waals surface area contributed by atoms with Crippen LogP contribution in [0.25, 0.3) is 0 Å². The first-order chi connectivity index (χ1) is 10.1. The van der Waals surface area contributed by atoms with E-state index in [1.165, 1.54) is 6.07 Å². The standard InChI is InChI=1S/C16H17FN2OS/c1-19(11-12-5-3-4-6-15(12)17)16(21)18-13-7-9-14(20-2)10-8-13/h3-10H,11H2,1-2H3,(H,18,21). The van der Waals surface area contributed by atoms with E-state index in [1.54, 1.807) is 24.1 Å². The van der Waals surface area contributed by atoms with Gasteiger partial charge in [-0.15, -0.1) is 0 Å². The minimum Gasteiger partial charge on any atom is -0.497 e. The Balaban J connectivity index is 1.97. The zero-order valence-corrected chi connectivity index (χ0v) is 12.8. The Morgan fingerprint density at radius 1 is 1.19 bits per heavy atom. The summed E-state index contributed by atoms with van der Waals surface area (Å²) in [4.78, 5) is 1.79. The molecule has 5 heteroatoms. The lowest BCUT2D eigenvalue weighted by molar-refractivity contribution is 0.415. The highest BCUT2D eigenvalue weighted by molar-refractivity contribution is 7.80. The fraction of sp³-hybridized carbons (Fsp3) is 0.188. The van der Waals surface area contributed by atoms with Gasteiger partial charge in [0.2, 0.25) is 0 Å². The molecule has 0 spiro atoms. The number of rotatable bonds is 4. The van der Waals surface area contributed by atoms with Gasteiger partial charge < -0.3 is 15.0 Å². The third-order valence-electron chi connectivity index (χ3n) is 3.05. The Labute approximate surface area is 129 Å². The minimum atomic E-state index is -0.225. The van der Waals surface area contributed by atoms with Crippen LogP contribution in [-0.4, -0.2) is 24.2 Å². The van der Waals surface area contributed by atoms with Gasteiger partial charge in [-0.2, -0.15) is 0 Å². The molecule has 0 saturated carbocycles. The van der Waals surface area contributed by atoms with E-state index in [2.05, 4.69) is 5.32 Å². The summed E-state index contributed by atoms with van der Waals surface area (Å²) in [7, 11) is 3.44. The van der Waals surface area contributed by atoms with Crippen LogP contribution in [0.1, 0.15) is 5.56 Å². The fourth-order valence-electron chi connectivity index (χ4n) is 1.85. The number of thiocarbonyl (C=S) groups is 1. The molecule has 0 aliphatic carbocycles. The van der Waals surface area contributed by atoms with E-state index >= 15 is 0 Å². The zero-order valence-electron chi connectivity index (χ0n) is 12.0. The van der Waals surface area contributed by atoms with Gasteiger partial charge in [-0.05, 0) is 42.5 Å². The van der Waals surface area contributed by atoms with E-state index < -0.39 is 0 Å². The summed E-state index contributed by atoms with van der Waals surface area (Å²) < 4.78 is 18.7. The normalized spacial score (nSPS) is 10.0. The lowest BCUT2D eigenvalue weighted by atomic mass is 10.2. The summed E-state index contributed by atoms with van der Waals surface area (Å²) in [5, 5.41) is 3.64. The Kier molecular flexibility index (Phi) is 5.11. The number of halogens is 1. The fourth-order valence-corrected chi connectivity index (χ4v) is 2.03. The van der Waals surface area contributed by atoms with Crippen molar-refractivity contribution in [3.8, 4) is 5.75 Å². The average molecular weight is 304 g/mol. The van der Waals surface area contributed by atoms with E-state index in [1.807, 2.05) is 37.4 Å². The van der Waals surface area contributed by atoms with Crippen LogP contribution in [0.3, 0.4) is 0 Å². The third-order valence-corrected chi connectivity index (χ3v) is 3.47. The van der Waals surface area contributed by atoms with Gasteiger partial charge in [-0.1, -0.05) is 18.2 Å². The molecular weight excluding hydrogens is 287 g/mol. The van der Waals surface area contributed by atoms with Crippen LogP contribution in [0.2, 0.25) is 0 Å². The second-order valence-electron chi connectivity index (χ2n) is 4.61. The van der Waals surface area contributed by atoms with E-state index in [0.29, 0.717) is 17.2 Å². The number of nitrogens with one attached hydrogen (secondary N) is 1. The molecule has 0 bridgehead atoms. The van der Waals surface area contributed by atoms with Crippen molar-refractivity contribution in [2.24, 2.45) is 0 Å². The van der Waals surface area contributed by atoms with Crippen LogP contribution < -0.4 is 10.1 Å². The van der Waals surface area contributed by atoms with Gasteiger partial charge in [-0.25, -0.2) is 4.39 Å². The molecule has 0 radical (unpaired) electrons. The van der Waals surface area contributed by atoms with Gasteiger partial charge in [0.05, 0.1) is 7.11 Å². The Morgan fingerprint density at radius 2 is 1.86 bits per heavy atom. The van der Waals surface area contributed by atoms with Crippen molar-refractivity contribution in [1.82, 2.24) is 4.90 Å². The largest absolute Gasteiger partial charge is 0.497 e. The number of nitrogens with zero attached hydrogens (tertiary/aromatic N) is 1. The first-order valence-electron chi connectivity index (χ1n) is 6.49. The molecule has 2 aromatic rings. The van der Waals surface area contributed by atoms with Crippen molar-refractivity contribution in [2.45, 2.75) is 6.54 Å². The lowest BCUT2D eigenvalue weighted by Crippen LogP contribution is -2.30. The van der Waals surface area contributed by atoms with Crippen LogP contribution in [0, 0.1) is 5.82 Å². The predicted octanol–water partition coefficient (Wildman–Crippen LogP) is 3.66. The summed E-state index contributed by atoms with van der Waals surface area (Å²) in [5.41, 5.74) is 1.47. The predicted molar refractivity (Wildman–Crippen MR) is 87.1 cm³/mol. The van der Waals surface area contributed by atoms with E-state index in [4.69, 9.17) is 17.0 Å². The second-order valence-corrected chi connectivity index (χ2v) is 4.99. The van der Waals surface area contributed by atoms with Gasteiger partial charge in [0.1, 0.15) is 11.6 Å². The van der Waals surface area contributed by atoms with Crippen LogP contribution >= 0.6 is 12.2 Å². The van der Waals surface area contributed by atoms with Crippen LogP contribution in [0.4, 0.5) is 10.1 Å². The highest BCUT2D eigenvalue weighted by Crippen LogP contribution is 2.16. The monoisotopic (exact) mass is 304 g/mol. The van der Waals surface area contributed by atoms with Crippen LogP contribution in [0.5, 0.6) is 5.75 Å². The van der Waals surface area contributed by atoms with E-state index in [9.17, 15) is 4.39 Å². The van der Waals surface area contributed by atoms with E-state index in [-0.39, 0.29) is 5.82 Å². The summed E-state index contributed by atoms with van der Waals surface area (Å²) in [6.07, 6.45) is 0. The maximum Gasteiger partial charge on any atom is 0.173 e. The van der Waals surface area contributed by atoms with E-state index in [0.717, 1.165) is 11.4 Å². The molecule has 3 nitrogen and oxygen atoms in total. The number of ether oxygens (including phenoxy) is 1. The lowest BCUT2D eigenvalue weighted by Gasteiger charge is -2.21. The number of hydrogen-bond acceptors (Lipinski definition) is 2. The Hall–Kier alpha value is -2.14. The maximum atomic E-state index is 13.6. The molecule has 0 aromatic heterocycles. The molecular formula is C16H17FN2OS. The van der Waals surface area contributed by atoms with Gasteiger partial charge >= 0.3 is 0 Å². The minimum absolute atomic E-state index is 0.225. The highest BCUT2D eigenvalue weighted by atomic mass is 32.1. The number of methoxy groups -OCH3 is 1. The quantitative estimate of drug-likeness (QED) is 0.871. The summed E-state index contributed by atoms with van der Waals surface area (Å²) in [5.74, 6) is 0.558. The Bertz CT molecular complexity index is 616. The van der Waals surface area contributed by atoms with Crippen molar-refractivity contribution in [3.05, 3.63) is 59.9 Å². The SMILES string of the molecule is COc1ccc(NC(=S)N(C)Cc2ccccc2F)cc1. The molecule has 0 fully saturated rings.